The van der Waals surface area contributed by atoms with Crippen LogP contribution in [0.3, 0.4) is 0 Å². The second-order valence-corrected chi connectivity index (χ2v) is 6.42. The molecule has 2 fully saturated rings. The second-order valence-electron chi connectivity index (χ2n) is 6.42. The Kier molecular flexibility index (Phi) is 5.23. The summed E-state index contributed by atoms with van der Waals surface area (Å²) in [5.41, 5.74) is 0. The van der Waals surface area contributed by atoms with Crippen LogP contribution in [0.25, 0.3) is 0 Å². The lowest BCUT2D eigenvalue weighted by Gasteiger charge is -2.34. The Labute approximate surface area is 112 Å². The van der Waals surface area contributed by atoms with E-state index in [9.17, 15) is 4.79 Å². The van der Waals surface area contributed by atoms with Crippen molar-refractivity contribution in [3.63, 3.8) is 0 Å². The van der Waals surface area contributed by atoms with E-state index < -0.39 is 0 Å². The fraction of sp³-hybridized carbons (Fsp3) is 0.938. The summed E-state index contributed by atoms with van der Waals surface area (Å²) < 4.78 is 0. The number of Topliss-reactive ketones (excluding diaryl/α,β-unsaturated/α-hetero) is 1. The summed E-state index contributed by atoms with van der Waals surface area (Å²) in [7, 11) is 0. The highest BCUT2D eigenvalue weighted by molar-refractivity contribution is 5.82. The van der Waals surface area contributed by atoms with E-state index in [0.717, 1.165) is 25.2 Å². The summed E-state index contributed by atoms with van der Waals surface area (Å²) in [6, 6.07) is 0.581. The van der Waals surface area contributed by atoms with Gasteiger partial charge in [0, 0.05) is 24.9 Å². The van der Waals surface area contributed by atoms with Crippen LogP contribution in [-0.4, -0.2) is 29.8 Å². The second kappa shape index (κ2) is 6.70. The van der Waals surface area contributed by atoms with Gasteiger partial charge in [0.15, 0.2) is 0 Å². The summed E-state index contributed by atoms with van der Waals surface area (Å²) in [6.07, 6.45) is 9.56. The van der Waals surface area contributed by atoms with Crippen LogP contribution in [0.2, 0.25) is 0 Å². The van der Waals surface area contributed by atoms with Crippen LogP contribution in [0, 0.1) is 11.8 Å². The molecule has 0 radical (unpaired) electrons. The van der Waals surface area contributed by atoms with E-state index in [0.29, 0.717) is 17.7 Å². The van der Waals surface area contributed by atoms with E-state index in [1.807, 2.05) is 0 Å². The van der Waals surface area contributed by atoms with E-state index in [2.05, 4.69) is 18.7 Å². The SMILES string of the molecule is CCCC(C)CN1CCCC1C1CCCCC1=O. The summed E-state index contributed by atoms with van der Waals surface area (Å²) >= 11 is 0. The third-order valence-corrected chi connectivity index (χ3v) is 4.81. The van der Waals surface area contributed by atoms with Crippen molar-refractivity contribution in [2.45, 2.75) is 71.3 Å². The van der Waals surface area contributed by atoms with Gasteiger partial charge >= 0.3 is 0 Å². The number of ketones is 1. The van der Waals surface area contributed by atoms with E-state index in [4.69, 9.17) is 0 Å². The molecule has 3 unspecified atom stereocenters. The maximum absolute atomic E-state index is 12.1. The molecule has 0 aromatic rings. The lowest BCUT2D eigenvalue weighted by Crippen LogP contribution is -2.42. The molecule has 2 rings (SSSR count). The van der Waals surface area contributed by atoms with Gasteiger partial charge in [0.05, 0.1) is 0 Å². The number of likely N-dealkylation sites (tertiary alicyclic amines) is 1. The van der Waals surface area contributed by atoms with Crippen molar-refractivity contribution >= 4 is 5.78 Å². The number of rotatable bonds is 5. The van der Waals surface area contributed by atoms with Crippen LogP contribution < -0.4 is 0 Å². The molecule has 1 aliphatic heterocycles. The number of nitrogens with zero attached hydrogens (tertiary/aromatic N) is 1. The van der Waals surface area contributed by atoms with Crippen molar-refractivity contribution in [3.8, 4) is 0 Å². The molecule has 1 saturated heterocycles. The van der Waals surface area contributed by atoms with Crippen LogP contribution in [0.15, 0.2) is 0 Å². The van der Waals surface area contributed by atoms with E-state index in [-0.39, 0.29) is 0 Å². The average Bonchev–Trinajstić information content (AvgIpc) is 2.78. The van der Waals surface area contributed by atoms with Crippen molar-refractivity contribution in [1.29, 1.82) is 0 Å². The minimum atomic E-state index is 0.370. The number of hydrogen-bond donors (Lipinski definition) is 0. The van der Waals surface area contributed by atoms with Crippen molar-refractivity contribution in [2.24, 2.45) is 11.8 Å². The van der Waals surface area contributed by atoms with Gasteiger partial charge in [0.25, 0.3) is 0 Å². The Hall–Kier alpha value is -0.370. The molecule has 0 N–H and O–H groups in total. The molecular weight excluding hydrogens is 222 g/mol. The van der Waals surface area contributed by atoms with Crippen LogP contribution >= 0.6 is 0 Å². The third-order valence-electron chi connectivity index (χ3n) is 4.81. The zero-order valence-electron chi connectivity index (χ0n) is 12.2. The lowest BCUT2D eigenvalue weighted by atomic mass is 9.81. The van der Waals surface area contributed by atoms with Gasteiger partial charge in [-0.2, -0.15) is 0 Å². The van der Waals surface area contributed by atoms with Gasteiger partial charge < -0.3 is 0 Å². The molecule has 2 nitrogen and oxygen atoms in total. The summed E-state index contributed by atoms with van der Waals surface area (Å²) in [4.78, 5) is 14.7. The minimum Gasteiger partial charge on any atom is -0.299 e. The Morgan fingerprint density at radius 2 is 2.11 bits per heavy atom. The van der Waals surface area contributed by atoms with Crippen molar-refractivity contribution in [3.05, 3.63) is 0 Å². The van der Waals surface area contributed by atoms with Gasteiger partial charge in [-0.3, -0.25) is 9.69 Å². The highest BCUT2D eigenvalue weighted by atomic mass is 16.1. The number of hydrogen-bond acceptors (Lipinski definition) is 2. The molecule has 2 heteroatoms. The standard InChI is InChI=1S/C16H29NO/c1-3-7-13(2)12-17-11-6-9-15(17)14-8-4-5-10-16(14)18/h13-15H,3-12H2,1-2H3. The monoisotopic (exact) mass is 251 g/mol. The molecule has 1 saturated carbocycles. The van der Waals surface area contributed by atoms with Gasteiger partial charge in [-0.25, -0.2) is 0 Å². The third kappa shape index (κ3) is 3.34. The molecule has 1 heterocycles. The molecule has 0 amide bonds. The molecule has 2 aliphatic rings. The molecular formula is C16H29NO. The summed E-state index contributed by atoms with van der Waals surface area (Å²) in [5, 5.41) is 0. The topological polar surface area (TPSA) is 20.3 Å². The van der Waals surface area contributed by atoms with Crippen molar-refractivity contribution < 1.29 is 4.79 Å². The zero-order valence-corrected chi connectivity index (χ0v) is 12.2. The Morgan fingerprint density at radius 3 is 2.83 bits per heavy atom. The summed E-state index contributed by atoms with van der Waals surface area (Å²) in [5.74, 6) is 1.71. The predicted octanol–water partition coefficient (Wildman–Crippen LogP) is 3.65. The largest absolute Gasteiger partial charge is 0.299 e. The molecule has 0 bridgehead atoms. The zero-order chi connectivity index (χ0) is 13.0. The first-order valence-corrected chi connectivity index (χ1v) is 7.99. The molecule has 0 aromatic heterocycles. The highest BCUT2D eigenvalue weighted by Crippen LogP contribution is 2.32. The number of carbonyl (C=O) groups is 1. The Morgan fingerprint density at radius 1 is 1.28 bits per heavy atom. The molecule has 0 aromatic carbocycles. The van der Waals surface area contributed by atoms with Gasteiger partial charge in [0.1, 0.15) is 5.78 Å². The smallest absolute Gasteiger partial charge is 0.137 e. The van der Waals surface area contributed by atoms with Gasteiger partial charge in [-0.05, 0) is 44.6 Å². The van der Waals surface area contributed by atoms with Crippen LogP contribution in [0.1, 0.15) is 65.2 Å². The van der Waals surface area contributed by atoms with Gasteiger partial charge in [-0.1, -0.05) is 26.7 Å². The fourth-order valence-corrected chi connectivity index (χ4v) is 3.94. The maximum atomic E-state index is 12.1. The van der Waals surface area contributed by atoms with E-state index in [1.165, 1.54) is 45.2 Å². The van der Waals surface area contributed by atoms with Crippen LogP contribution in [0.4, 0.5) is 0 Å². The summed E-state index contributed by atoms with van der Waals surface area (Å²) in [6.45, 7) is 7.06. The molecule has 104 valence electrons. The van der Waals surface area contributed by atoms with Crippen LogP contribution in [-0.2, 0) is 4.79 Å². The lowest BCUT2D eigenvalue weighted by molar-refractivity contribution is -0.126. The first-order valence-electron chi connectivity index (χ1n) is 7.99. The van der Waals surface area contributed by atoms with Gasteiger partial charge in [0.2, 0.25) is 0 Å². The Balaban J connectivity index is 1.91. The van der Waals surface area contributed by atoms with Gasteiger partial charge in [-0.15, -0.1) is 0 Å². The van der Waals surface area contributed by atoms with E-state index in [1.54, 1.807) is 0 Å². The quantitative estimate of drug-likeness (QED) is 0.743. The fourth-order valence-electron chi connectivity index (χ4n) is 3.94. The Bertz CT molecular complexity index is 276. The highest BCUT2D eigenvalue weighted by Gasteiger charge is 2.36. The minimum absolute atomic E-state index is 0.370. The predicted molar refractivity (Wildman–Crippen MR) is 75.6 cm³/mol. The van der Waals surface area contributed by atoms with Crippen molar-refractivity contribution in [1.82, 2.24) is 4.90 Å². The molecule has 0 spiro atoms. The molecule has 18 heavy (non-hydrogen) atoms. The molecule has 3 atom stereocenters. The average molecular weight is 251 g/mol. The number of carbonyl (C=O) groups excluding carboxylic acids is 1. The first kappa shape index (κ1) is 14.0. The van der Waals surface area contributed by atoms with Crippen LogP contribution in [0.5, 0.6) is 0 Å². The normalized spacial score (nSPS) is 31.8. The molecule has 1 aliphatic carbocycles. The maximum Gasteiger partial charge on any atom is 0.137 e. The first-order chi connectivity index (χ1) is 8.72. The van der Waals surface area contributed by atoms with Crippen molar-refractivity contribution in [2.75, 3.05) is 13.1 Å². The van der Waals surface area contributed by atoms with E-state index >= 15 is 0 Å².